The normalized spacial score (nSPS) is 15.6. The van der Waals surface area contributed by atoms with E-state index in [1.165, 1.54) is 110 Å². The van der Waals surface area contributed by atoms with Crippen molar-refractivity contribution in [1.82, 2.24) is 0 Å². The molecule has 0 unspecified atom stereocenters. The van der Waals surface area contributed by atoms with Gasteiger partial charge >= 0.3 is 0 Å². The molecular weight excluding hydrogens is 543 g/mol. The van der Waals surface area contributed by atoms with E-state index >= 15 is 0 Å². The Labute approximate surface area is 267 Å². The number of aryl methyl sites for hydroxylation is 2. The Morgan fingerprint density at radius 3 is 1.80 bits per heavy atom. The molecule has 3 heteroatoms. The van der Waals surface area contributed by atoms with Gasteiger partial charge < -0.3 is 9.80 Å². The molecule has 1 saturated carbocycles. The van der Waals surface area contributed by atoms with Crippen molar-refractivity contribution in [3.05, 3.63) is 138 Å². The molecule has 0 saturated heterocycles. The predicted molar refractivity (Wildman–Crippen MR) is 193 cm³/mol. The Hall–Kier alpha value is -4.76. The van der Waals surface area contributed by atoms with Gasteiger partial charge in [-0.1, -0.05) is 104 Å². The molecule has 6 aromatic rings. The van der Waals surface area contributed by atoms with Crippen molar-refractivity contribution >= 4 is 68.0 Å². The fraction of sp³-hybridized carbons (Fsp3) is 0.190. The topological polar surface area (TPSA) is 6.48 Å². The minimum Gasteiger partial charge on any atom is -0.311 e. The van der Waals surface area contributed by atoms with E-state index < -0.39 is 0 Å². The van der Waals surface area contributed by atoms with Crippen molar-refractivity contribution in [1.29, 1.82) is 0 Å². The summed E-state index contributed by atoms with van der Waals surface area (Å²) >= 11 is 0. The van der Waals surface area contributed by atoms with Gasteiger partial charge in [0, 0.05) is 34.1 Å². The van der Waals surface area contributed by atoms with E-state index in [9.17, 15) is 0 Å². The molecule has 2 nitrogen and oxygen atoms in total. The smallest absolute Gasteiger partial charge is 0.252 e. The summed E-state index contributed by atoms with van der Waals surface area (Å²) in [6, 6.07) is 45.9. The van der Waals surface area contributed by atoms with Crippen molar-refractivity contribution in [2.45, 2.75) is 51.9 Å². The number of rotatable bonds is 3. The highest BCUT2D eigenvalue weighted by Gasteiger charge is 2.44. The van der Waals surface area contributed by atoms with Gasteiger partial charge in [0.15, 0.2) is 0 Å². The van der Waals surface area contributed by atoms with Crippen LogP contribution in [0, 0.1) is 13.8 Å². The van der Waals surface area contributed by atoms with Gasteiger partial charge in [-0.25, -0.2) is 0 Å². The van der Waals surface area contributed by atoms with Gasteiger partial charge in [0.25, 0.3) is 6.71 Å². The maximum atomic E-state index is 2.61. The molecule has 1 fully saturated rings. The minimum absolute atomic E-state index is 0.136. The lowest BCUT2D eigenvalue weighted by atomic mass is 9.32. The van der Waals surface area contributed by atoms with Crippen molar-refractivity contribution in [3.63, 3.8) is 0 Å². The zero-order valence-corrected chi connectivity index (χ0v) is 26.1. The summed E-state index contributed by atoms with van der Waals surface area (Å²) in [7, 11) is 0. The van der Waals surface area contributed by atoms with Crippen LogP contribution in [0.2, 0.25) is 0 Å². The van der Waals surface area contributed by atoms with Crippen molar-refractivity contribution < 1.29 is 0 Å². The van der Waals surface area contributed by atoms with Crippen LogP contribution in [0.5, 0.6) is 0 Å². The molecule has 0 atom stereocenters. The predicted octanol–water partition coefficient (Wildman–Crippen LogP) is 9.59. The second-order valence-corrected chi connectivity index (χ2v) is 13.3. The summed E-state index contributed by atoms with van der Waals surface area (Å²) in [5.74, 6) is 0.645. The van der Waals surface area contributed by atoms with Gasteiger partial charge in [0.2, 0.25) is 0 Å². The third-order valence-corrected chi connectivity index (χ3v) is 10.7. The molecule has 6 aromatic carbocycles. The maximum Gasteiger partial charge on any atom is 0.252 e. The summed E-state index contributed by atoms with van der Waals surface area (Å²) in [4.78, 5) is 5.09. The second-order valence-electron chi connectivity index (χ2n) is 13.3. The van der Waals surface area contributed by atoms with Gasteiger partial charge in [0.1, 0.15) is 0 Å². The molecule has 45 heavy (non-hydrogen) atoms. The maximum absolute atomic E-state index is 2.61. The minimum atomic E-state index is 0.136. The largest absolute Gasteiger partial charge is 0.311 e. The molecule has 9 rings (SSSR count). The summed E-state index contributed by atoms with van der Waals surface area (Å²) in [6.07, 6.45) is 6.65. The molecule has 0 N–H and O–H groups in total. The highest BCUT2D eigenvalue weighted by molar-refractivity contribution is 7.01. The Balaban J connectivity index is 1.40. The zero-order chi connectivity index (χ0) is 30.1. The number of benzene rings is 6. The molecule has 0 spiro atoms. The number of hydrogen-bond donors (Lipinski definition) is 0. The molecule has 2 aliphatic heterocycles. The van der Waals surface area contributed by atoms with Crippen LogP contribution in [0.25, 0.3) is 10.8 Å². The number of fused-ring (bicyclic) bond motifs is 6. The third-order valence-electron chi connectivity index (χ3n) is 10.7. The quantitative estimate of drug-likeness (QED) is 0.192. The lowest BCUT2D eigenvalue weighted by Crippen LogP contribution is -2.61. The summed E-state index contributed by atoms with van der Waals surface area (Å²) in [6.45, 7) is 4.62. The lowest BCUT2D eigenvalue weighted by molar-refractivity contribution is 0.444. The van der Waals surface area contributed by atoms with Crippen molar-refractivity contribution in [3.8, 4) is 0 Å². The van der Waals surface area contributed by atoms with Crippen LogP contribution in [0.1, 0.15) is 54.7 Å². The van der Waals surface area contributed by atoms with Crippen molar-refractivity contribution in [2.75, 3.05) is 9.80 Å². The first-order valence-corrected chi connectivity index (χ1v) is 16.7. The molecule has 218 valence electrons. The van der Waals surface area contributed by atoms with Crippen LogP contribution in [-0.2, 0) is 0 Å². The molecule has 1 aliphatic carbocycles. The van der Waals surface area contributed by atoms with E-state index in [0.29, 0.717) is 5.92 Å². The number of hydrogen-bond acceptors (Lipinski definition) is 2. The number of anilines is 6. The van der Waals surface area contributed by atoms with E-state index in [2.05, 4.69) is 145 Å². The standard InChI is InChI=1S/C42H37BN2/c1-28-13-6-10-19-35(28)44-37-25-24-32(30-15-4-3-5-16-30)27-34(37)43-41-33-18-9-8-17-31(33)23-26-40(41)45(36-20-11-7-14-29(36)2)39-22-12-21-38(44)42(39)43/h6-14,17-27,30H,3-5,15-16H2,1-2H3. The monoisotopic (exact) mass is 580 g/mol. The first-order valence-electron chi connectivity index (χ1n) is 16.7. The molecule has 0 radical (unpaired) electrons. The molecule has 0 amide bonds. The fourth-order valence-corrected chi connectivity index (χ4v) is 8.57. The van der Waals surface area contributed by atoms with Crippen LogP contribution in [0.3, 0.4) is 0 Å². The van der Waals surface area contributed by atoms with Gasteiger partial charge in [-0.15, -0.1) is 0 Å². The van der Waals surface area contributed by atoms with E-state index in [1.807, 2.05) is 0 Å². The Bertz CT molecular complexity index is 2090. The van der Waals surface area contributed by atoms with E-state index in [4.69, 9.17) is 0 Å². The molecule has 2 heterocycles. The molecular formula is C42H37BN2. The Morgan fingerprint density at radius 1 is 0.511 bits per heavy atom. The third kappa shape index (κ3) is 4.03. The average molecular weight is 581 g/mol. The highest BCUT2D eigenvalue weighted by Crippen LogP contribution is 2.46. The highest BCUT2D eigenvalue weighted by atomic mass is 15.2. The average Bonchev–Trinajstić information content (AvgIpc) is 3.09. The molecule has 0 bridgehead atoms. The fourth-order valence-electron chi connectivity index (χ4n) is 8.57. The van der Waals surface area contributed by atoms with Crippen LogP contribution in [-0.4, -0.2) is 6.71 Å². The van der Waals surface area contributed by atoms with E-state index in [-0.39, 0.29) is 6.71 Å². The van der Waals surface area contributed by atoms with Gasteiger partial charge in [-0.05, 0) is 113 Å². The lowest BCUT2D eigenvalue weighted by Gasteiger charge is -2.45. The summed E-state index contributed by atoms with van der Waals surface area (Å²) < 4.78 is 0. The first kappa shape index (κ1) is 26.6. The van der Waals surface area contributed by atoms with E-state index in [0.717, 1.165) is 0 Å². The van der Waals surface area contributed by atoms with Crippen LogP contribution >= 0.6 is 0 Å². The van der Waals surface area contributed by atoms with Gasteiger partial charge in [0.05, 0.1) is 0 Å². The molecule has 0 aromatic heterocycles. The first-order chi connectivity index (χ1) is 22.2. The summed E-state index contributed by atoms with van der Waals surface area (Å²) in [5, 5.41) is 2.64. The Kier molecular flexibility index (Phi) is 6.16. The van der Waals surface area contributed by atoms with Crippen molar-refractivity contribution in [2.24, 2.45) is 0 Å². The zero-order valence-electron chi connectivity index (χ0n) is 26.1. The van der Waals surface area contributed by atoms with Gasteiger partial charge in [-0.3, -0.25) is 0 Å². The number of para-hydroxylation sites is 2. The summed E-state index contributed by atoms with van der Waals surface area (Å²) in [5.41, 5.74) is 16.0. The molecule has 3 aliphatic rings. The van der Waals surface area contributed by atoms with Crippen LogP contribution in [0.15, 0.2) is 121 Å². The van der Waals surface area contributed by atoms with Gasteiger partial charge in [-0.2, -0.15) is 0 Å². The van der Waals surface area contributed by atoms with E-state index in [1.54, 1.807) is 0 Å². The SMILES string of the molecule is Cc1ccccc1N1c2ccc(C3CCCCC3)cc2B2c3c1cccc3N(c1ccccc1C)c1ccc3ccccc3c12. The number of nitrogens with zero attached hydrogens (tertiary/aromatic N) is 2. The second kappa shape index (κ2) is 10.4. The van der Waals surface area contributed by atoms with Crippen LogP contribution < -0.4 is 26.2 Å². The van der Waals surface area contributed by atoms with Crippen LogP contribution in [0.4, 0.5) is 34.1 Å². The Morgan fingerprint density at radius 2 is 1.09 bits per heavy atom.